The van der Waals surface area contributed by atoms with Crippen LogP contribution in [0.3, 0.4) is 0 Å². The van der Waals surface area contributed by atoms with Gasteiger partial charge in [-0.3, -0.25) is 15.1 Å². The maximum absolute atomic E-state index is 11.0. The van der Waals surface area contributed by atoms with Crippen molar-refractivity contribution in [1.29, 1.82) is 0 Å². The molecule has 2 aromatic rings. The van der Waals surface area contributed by atoms with E-state index in [0.29, 0.717) is 11.4 Å². The number of fused-ring (bicyclic) bond motifs is 1. The first-order chi connectivity index (χ1) is 8.75. The number of nitro benzene ring substituents is 1. The number of hydrogen-bond acceptors (Lipinski definition) is 5. The van der Waals surface area contributed by atoms with Crippen LogP contribution >= 0.6 is 0 Å². The normalized spacial score (nSPS) is 15.3. The Hall–Kier alpha value is -2.21. The molecule has 1 saturated heterocycles. The molecule has 1 fully saturated rings. The van der Waals surface area contributed by atoms with Gasteiger partial charge in [-0.2, -0.15) is 0 Å². The lowest BCUT2D eigenvalue weighted by Crippen LogP contribution is -2.51. The Balaban J connectivity index is 2.10. The van der Waals surface area contributed by atoms with Crippen LogP contribution in [0.25, 0.3) is 10.8 Å². The summed E-state index contributed by atoms with van der Waals surface area (Å²) in [6, 6.07) is 5.35. The van der Waals surface area contributed by atoms with Crippen LogP contribution in [0.15, 0.2) is 30.6 Å². The van der Waals surface area contributed by atoms with Gasteiger partial charge in [-0.1, -0.05) is 0 Å². The van der Waals surface area contributed by atoms with E-state index >= 15 is 0 Å². The van der Waals surface area contributed by atoms with Gasteiger partial charge in [0.15, 0.2) is 0 Å². The summed E-state index contributed by atoms with van der Waals surface area (Å²) in [6.07, 6.45) is 3.24. The molecule has 18 heavy (non-hydrogen) atoms. The highest BCUT2D eigenvalue weighted by molar-refractivity contribution is 5.99. The highest BCUT2D eigenvalue weighted by Crippen LogP contribution is 2.31. The molecule has 0 amide bonds. The number of rotatable bonds is 3. The van der Waals surface area contributed by atoms with Gasteiger partial charge < -0.3 is 10.6 Å². The van der Waals surface area contributed by atoms with Crippen molar-refractivity contribution in [2.24, 2.45) is 0 Å². The SMILES string of the molecule is O=[N+]([O-])c1ccc(NC2CNC2)c2cnccc12. The molecule has 1 aromatic heterocycles. The molecular weight excluding hydrogens is 232 g/mol. The van der Waals surface area contributed by atoms with Crippen molar-refractivity contribution >= 4 is 22.1 Å². The lowest BCUT2D eigenvalue weighted by atomic mass is 10.1. The van der Waals surface area contributed by atoms with Crippen molar-refractivity contribution in [2.45, 2.75) is 6.04 Å². The van der Waals surface area contributed by atoms with E-state index in [-0.39, 0.29) is 10.6 Å². The third kappa shape index (κ3) is 1.76. The van der Waals surface area contributed by atoms with Crippen LogP contribution in [0.1, 0.15) is 0 Å². The topological polar surface area (TPSA) is 80.1 Å². The number of anilines is 1. The van der Waals surface area contributed by atoms with Gasteiger partial charge >= 0.3 is 0 Å². The molecule has 1 aliphatic heterocycles. The van der Waals surface area contributed by atoms with E-state index in [1.807, 2.05) is 0 Å². The molecule has 0 atom stereocenters. The number of nitro groups is 1. The number of pyridine rings is 1. The van der Waals surface area contributed by atoms with Crippen LogP contribution in [-0.4, -0.2) is 29.0 Å². The van der Waals surface area contributed by atoms with Crippen molar-refractivity contribution in [1.82, 2.24) is 10.3 Å². The zero-order valence-electron chi connectivity index (χ0n) is 9.59. The monoisotopic (exact) mass is 244 g/mol. The van der Waals surface area contributed by atoms with Gasteiger partial charge in [0, 0.05) is 42.6 Å². The van der Waals surface area contributed by atoms with E-state index < -0.39 is 0 Å². The Morgan fingerprint density at radius 3 is 2.83 bits per heavy atom. The average molecular weight is 244 g/mol. The Kier molecular flexibility index (Phi) is 2.56. The minimum absolute atomic E-state index is 0.115. The molecule has 0 aliphatic carbocycles. The van der Waals surface area contributed by atoms with E-state index in [1.165, 1.54) is 6.07 Å². The third-order valence-corrected chi connectivity index (χ3v) is 3.13. The zero-order valence-corrected chi connectivity index (χ0v) is 9.59. The number of non-ortho nitro benzene ring substituents is 1. The van der Waals surface area contributed by atoms with Gasteiger partial charge in [0.1, 0.15) is 0 Å². The first-order valence-electron chi connectivity index (χ1n) is 5.74. The standard InChI is InChI=1S/C12H12N4O2/c17-16(18)12-2-1-11(15-8-5-14-6-8)10-7-13-4-3-9(10)12/h1-4,7-8,14-15H,5-6H2. The summed E-state index contributed by atoms with van der Waals surface area (Å²) in [4.78, 5) is 14.7. The van der Waals surface area contributed by atoms with Gasteiger partial charge in [-0.25, -0.2) is 0 Å². The van der Waals surface area contributed by atoms with Gasteiger partial charge in [-0.05, 0) is 12.1 Å². The summed E-state index contributed by atoms with van der Waals surface area (Å²) in [5.74, 6) is 0. The molecule has 2 heterocycles. The van der Waals surface area contributed by atoms with Crippen LogP contribution in [0.4, 0.5) is 11.4 Å². The number of aromatic nitrogens is 1. The smallest absolute Gasteiger partial charge is 0.277 e. The summed E-state index contributed by atoms with van der Waals surface area (Å²) in [5, 5.41) is 18.9. The summed E-state index contributed by atoms with van der Waals surface area (Å²) in [6.45, 7) is 1.83. The molecule has 6 nitrogen and oxygen atoms in total. The van der Waals surface area contributed by atoms with Crippen LogP contribution < -0.4 is 10.6 Å². The fourth-order valence-electron chi connectivity index (χ4n) is 2.07. The van der Waals surface area contributed by atoms with Crippen LogP contribution in [0.2, 0.25) is 0 Å². The number of nitrogens with zero attached hydrogens (tertiary/aromatic N) is 2. The molecule has 1 aromatic carbocycles. The number of hydrogen-bond donors (Lipinski definition) is 2. The summed E-state index contributed by atoms with van der Waals surface area (Å²) in [5.41, 5.74) is 1.01. The predicted octanol–water partition coefficient (Wildman–Crippen LogP) is 1.53. The average Bonchev–Trinajstić information content (AvgIpc) is 2.33. The van der Waals surface area contributed by atoms with Crippen molar-refractivity contribution in [3.8, 4) is 0 Å². The second-order valence-corrected chi connectivity index (χ2v) is 4.31. The van der Waals surface area contributed by atoms with Crippen molar-refractivity contribution in [3.05, 3.63) is 40.7 Å². The molecule has 0 saturated carbocycles. The van der Waals surface area contributed by atoms with Gasteiger partial charge in [0.05, 0.1) is 16.4 Å². The first-order valence-corrected chi connectivity index (χ1v) is 5.74. The first kappa shape index (κ1) is 10.9. The summed E-state index contributed by atoms with van der Waals surface area (Å²) < 4.78 is 0. The Labute approximate surface area is 103 Å². The molecule has 0 bridgehead atoms. The minimum atomic E-state index is -0.364. The van der Waals surface area contributed by atoms with E-state index in [2.05, 4.69) is 15.6 Å². The minimum Gasteiger partial charge on any atom is -0.379 e. The van der Waals surface area contributed by atoms with Crippen molar-refractivity contribution in [2.75, 3.05) is 18.4 Å². The quantitative estimate of drug-likeness (QED) is 0.632. The van der Waals surface area contributed by atoms with Gasteiger partial charge in [0.25, 0.3) is 5.69 Å². The maximum atomic E-state index is 11.0. The van der Waals surface area contributed by atoms with Crippen LogP contribution in [0, 0.1) is 10.1 Å². The zero-order chi connectivity index (χ0) is 12.5. The van der Waals surface area contributed by atoms with E-state index in [9.17, 15) is 10.1 Å². The van der Waals surface area contributed by atoms with E-state index in [1.54, 1.807) is 24.5 Å². The third-order valence-electron chi connectivity index (χ3n) is 3.13. The number of benzene rings is 1. The lowest BCUT2D eigenvalue weighted by Gasteiger charge is -2.29. The fourth-order valence-corrected chi connectivity index (χ4v) is 2.07. The maximum Gasteiger partial charge on any atom is 0.277 e. The molecule has 3 rings (SSSR count). The Morgan fingerprint density at radius 1 is 1.33 bits per heavy atom. The van der Waals surface area contributed by atoms with E-state index in [0.717, 1.165) is 24.2 Å². The molecular formula is C12H12N4O2. The van der Waals surface area contributed by atoms with Crippen molar-refractivity contribution in [3.63, 3.8) is 0 Å². The molecule has 2 N–H and O–H groups in total. The Morgan fingerprint density at radius 2 is 2.17 bits per heavy atom. The lowest BCUT2D eigenvalue weighted by molar-refractivity contribution is -0.383. The highest BCUT2D eigenvalue weighted by atomic mass is 16.6. The van der Waals surface area contributed by atoms with Gasteiger partial charge in [-0.15, -0.1) is 0 Å². The highest BCUT2D eigenvalue weighted by Gasteiger charge is 2.19. The second-order valence-electron chi connectivity index (χ2n) is 4.31. The largest absolute Gasteiger partial charge is 0.379 e. The molecule has 0 unspecified atom stereocenters. The molecule has 0 radical (unpaired) electrons. The van der Waals surface area contributed by atoms with Crippen LogP contribution in [0.5, 0.6) is 0 Å². The van der Waals surface area contributed by atoms with Crippen LogP contribution in [-0.2, 0) is 0 Å². The Bertz CT molecular complexity index is 610. The predicted molar refractivity (Wildman–Crippen MR) is 68.7 cm³/mol. The van der Waals surface area contributed by atoms with Gasteiger partial charge in [0.2, 0.25) is 0 Å². The van der Waals surface area contributed by atoms with E-state index in [4.69, 9.17) is 0 Å². The molecule has 0 spiro atoms. The molecule has 1 aliphatic rings. The fraction of sp³-hybridized carbons (Fsp3) is 0.250. The summed E-state index contributed by atoms with van der Waals surface area (Å²) >= 11 is 0. The number of nitrogens with one attached hydrogen (secondary N) is 2. The molecule has 6 heteroatoms. The molecule has 92 valence electrons. The summed E-state index contributed by atoms with van der Waals surface area (Å²) in [7, 11) is 0. The van der Waals surface area contributed by atoms with Crippen molar-refractivity contribution < 1.29 is 4.92 Å². The second kappa shape index (κ2) is 4.23.